The molecule has 7 heteroatoms. The Hall–Kier alpha value is -1.89. The highest BCUT2D eigenvalue weighted by molar-refractivity contribution is 7.12. The molecule has 2 aliphatic rings. The lowest BCUT2D eigenvalue weighted by Crippen LogP contribution is -2.54. The molecule has 1 atom stereocenters. The average Bonchev–Trinajstić information content (AvgIpc) is 3.44. The summed E-state index contributed by atoms with van der Waals surface area (Å²) in [6, 6.07) is 3.05. The number of nitrogens with one attached hydrogen (secondary N) is 2. The van der Waals surface area contributed by atoms with Crippen molar-refractivity contribution in [3.63, 3.8) is 0 Å². The number of carbonyl (C=O) groups excluding carboxylic acids is 3. The molecule has 1 aromatic rings. The number of carbonyl (C=O) groups is 3. The van der Waals surface area contributed by atoms with Crippen molar-refractivity contribution < 1.29 is 14.4 Å². The van der Waals surface area contributed by atoms with Crippen LogP contribution in [0.3, 0.4) is 0 Å². The third kappa shape index (κ3) is 5.13. The summed E-state index contributed by atoms with van der Waals surface area (Å²) in [5.41, 5.74) is 0. The Kier molecular flexibility index (Phi) is 7.48. The van der Waals surface area contributed by atoms with E-state index in [1.54, 1.807) is 6.07 Å². The number of piperidine rings is 1. The molecule has 6 nitrogen and oxygen atoms in total. The van der Waals surface area contributed by atoms with Crippen molar-refractivity contribution in [1.29, 1.82) is 0 Å². The molecule has 1 aromatic heterocycles. The summed E-state index contributed by atoms with van der Waals surface area (Å²) in [7, 11) is 0. The van der Waals surface area contributed by atoms with Gasteiger partial charge in [0.1, 0.15) is 6.04 Å². The highest BCUT2D eigenvalue weighted by atomic mass is 32.1. The van der Waals surface area contributed by atoms with Gasteiger partial charge in [-0.25, -0.2) is 0 Å². The van der Waals surface area contributed by atoms with Crippen LogP contribution in [0.15, 0.2) is 17.5 Å². The number of hydrogen-bond acceptors (Lipinski definition) is 4. The summed E-state index contributed by atoms with van der Waals surface area (Å²) in [5.74, 6) is 0.209. The predicted molar refractivity (Wildman–Crippen MR) is 110 cm³/mol. The van der Waals surface area contributed by atoms with Crippen LogP contribution in [0, 0.1) is 11.8 Å². The number of amides is 3. The van der Waals surface area contributed by atoms with Gasteiger partial charge in [0.15, 0.2) is 0 Å². The first kappa shape index (κ1) is 20.8. The third-order valence-corrected chi connectivity index (χ3v) is 6.76. The lowest BCUT2D eigenvalue weighted by molar-refractivity contribution is -0.137. The molecule has 0 radical (unpaired) electrons. The maximum atomic E-state index is 12.7. The molecule has 2 heterocycles. The first-order valence-corrected chi connectivity index (χ1v) is 11.4. The van der Waals surface area contributed by atoms with Crippen LogP contribution < -0.4 is 10.6 Å². The van der Waals surface area contributed by atoms with E-state index in [1.165, 1.54) is 11.3 Å². The van der Waals surface area contributed by atoms with Gasteiger partial charge in [0.2, 0.25) is 11.8 Å². The van der Waals surface area contributed by atoms with Crippen molar-refractivity contribution in [2.45, 2.75) is 57.9 Å². The molecule has 1 saturated heterocycles. The predicted octanol–water partition coefficient (Wildman–Crippen LogP) is 2.80. The maximum absolute atomic E-state index is 12.7. The zero-order chi connectivity index (χ0) is 19.9. The monoisotopic (exact) mass is 405 g/mol. The van der Waals surface area contributed by atoms with Crippen LogP contribution in [0.25, 0.3) is 0 Å². The summed E-state index contributed by atoms with van der Waals surface area (Å²) in [6.07, 6.45) is 6.67. The van der Waals surface area contributed by atoms with Gasteiger partial charge in [-0.1, -0.05) is 25.8 Å². The van der Waals surface area contributed by atoms with Crippen molar-refractivity contribution in [3.8, 4) is 0 Å². The number of likely N-dealkylation sites (tertiary alicyclic amines) is 1. The first-order valence-electron chi connectivity index (χ1n) is 10.5. The Labute approximate surface area is 171 Å². The molecule has 3 amide bonds. The number of nitrogens with zero attached hydrogens (tertiary/aromatic N) is 1. The van der Waals surface area contributed by atoms with Crippen molar-refractivity contribution in [3.05, 3.63) is 22.4 Å². The topological polar surface area (TPSA) is 78.5 Å². The molecule has 2 fully saturated rings. The third-order valence-electron chi connectivity index (χ3n) is 5.89. The minimum atomic E-state index is -0.551. The van der Waals surface area contributed by atoms with Crippen LogP contribution in [-0.2, 0) is 9.59 Å². The van der Waals surface area contributed by atoms with E-state index in [1.807, 2.05) is 23.3 Å². The minimum Gasteiger partial charge on any atom is -0.354 e. The summed E-state index contributed by atoms with van der Waals surface area (Å²) in [4.78, 5) is 40.5. The van der Waals surface area contributed by atoms with Gasteiger partial charge >= 0.3 is 0 Å². The summed E-state index contributed by atoms with van der Waals surface area (Å²) >= 11 is 1.37. The largest absolute Gasteiger partial charge is 0.354 e. The van der Waals surface area contributed by atoms with Crippen molar-refractivity contribution in [2.24, 2.45) is 11.8 Å². The normalized spacial score (nSPS) is 19.4. The summed E-state index contributed by atoms with van der Waals surface area (Å²) in [6.45, 7) is 3.95. The zero-order valence-electron chi connectivity index (χ0n) is 16.6. The average molecular weight is 406 g/mol. The molecule has 0 aromatic carbocycles. The fourth-order valence-electron chi connectivity index (χ4n) is 4.26. The van der Waals surface area contributed by atoms with Crippen molar-refractivity contribution >= 4 is 29.1 Å². The van der Waals surface area contributed by atoms with Crippen LogP contribution in [0.4, 0.5) is 0 Å². The van der Waals surface area contributed by atoms with E-state index < -0.39 is 6.04 Å². The Morgan fingerprint density at radius 1 is 1.18 bits per heavy atom. The Morgan fingerprint density at radius 3 is 2.50 bits per heavy atom. The van der Waals surface area contributed by atoms with E-state index in [-0.39, 0.29) is 29.6 Å². The fourth-order valence-corrected chi connectivity index (χ4v) is 4.89. The second-order valence-electron chi connectivity index (χ2n) is 7.86. The molecule has 28 heavy (non-hydrogen) atoms. The molecule has 1 aliphatic heterocycles. The van der Waals surface area contributed by atoms with Crippen molar-refractivity contribution in [2.75, 3.05) is 19.6 Å². The molecule has 0 bridgehead atoms. The molecule has 1 aliphatic carbocycles. The Morgan fingerprint density at radius 2 is 1.89 bits per heavy atom. The zero-order valence-corrected chi connectivity index (χ0v) is 17.4. The standard InChI is InChI=1S/C21H31N3O3S/c1-2-11-22-20(26)18(23-19(25)17-8-5-14-28-17)15-9-12-24(13-10-15)21(27)16-6-3-4-7-16/h5,8,14-16,18H,2-4,6-7,9-13H2,1H3,(H,22,26)(H,23,25)/t18-/m1/s1. The van der Waals surface area contributed by atoms with Crippen molar-refractivity contribution in [1.82, 2.24) is 15.5 Å². The molecule has 0 unspecified atom stereocenters. The van der Waals surface area contributed by atoms with Gasteiger partial charge in [0.05, 0.1) is 4.88 Å². The van der Waals surface area contributed by atoms with Gasteiger partial charge in [-0.15, -0.1) is 11.3 Å². The Bertz CT molecular complexity index is 662. The van der Waals surface area contributed by atoms with Gasteiger partial charge in [-0.3, -0.25) is 14.4 Å². The van der Waals surface area contributed by atoms with Crippen LogP contribution in [-0.4, -0.2) is 48.3 Å². The molecule has 2 N–H and O–H groups in total. The Balaban J connectivity index is 1.60. The molecule has 3 rings (SSSR count). The van der Waals surface area contributed by atoms with Crippen LogP contribution >= 0.6 is 11.3 Å². The minimum absolute atomic E-state index is 0.0494. The highest BCUT2D eigenvalue weighted by Crippen LogP contribution is 2.29. The summed E-state index contributed by atoms with van der Waals surface area (Å²) in [5, 5.41) is 7.74. The van der Waals surface area contributed by atoms with Crippen LogP contribution in [0.2, 0.25) is 0 Å². The second kappa shape index (κ2) is 10.0. The van der Waals surface area contributed by atoms with Gasteiger partial charge in [0, 0.05) is 25.6 Å². The van der Waals surface area contributed by atoms with Crippen LogP contribution in [0.5, 0.6) is 0 Å². The molecule has 154 valence electrons. The molecule has 1 saturated carbocycles. The SMILES string of the molecule is CCCNC(=O)[C@H](NC(=O)c1cccs1)C1CCN(C(=O)C2CCCC2)CC1. The van der Waals surface area contributed by atoms with E-state index >= 15 is 0 Å². The molecule has 0 spiro atoms. The first-order chi connectivity index (χ1) is 13.6. The van der Waals surface area contributed by atoms with E-state index in [4.69, 9.17) is 0 Å². The number of rotatable bonds is 7. The fraction of sp³-hybridized carbons (Fsp3) is 0.667. The molecular formula is C21H31N3O3S. The quantitative estimate of drug-likeness (QED) is 0.732. The van der Waals surface area contributed by atoms with Gasteiger partial charge in [-0.2, -0.15) is 0 Å². The van der Waals surface area contributed by atoms with E-state index in [0.717, 1.165) is 44.9 Å². The van der Waals surface area contributed by atoms with E-state index in [0.29, 0.717) is 24.5 Å². The van der Waals surface area contributed by atoms with Gasteiger partial charge < -0.3 is 15.5 Å². The lowest BCUT2D eigenvalue weighted by Gasteiger charge is -2.36. The van der Waals surface area contributed by atoms with Crippen LogP contribution in [0.1, 0.15) is 61.5 Å². The van der Waals surface area contributed by atoms with E-state index in [9.17, 15) is 14.4 Å². The highest BCUT2D eigenvalue weighted by Gasteiger charge is 2.35. The maximum Gasteiger partial charge on any atom is 0.262 e. The molecular weight excluding hydrogens is 374 g/mol. The van der Waals surface area contributed by atoms with Gasteiger partial charge in [0.25, 0.3) is 5.91 Å². The smallest absolute Gasteiger partial charge is 0.262 e. The van der Waals surface area contributed by atoms with Gasteiger partial charge in [-0.05, 0) is 49.5 Å². The second-order valence-corrected chi connectivity index (χ2v) is 8.81. The number of thiophene rings is 1. The lowest BCUT2D eigenvalue weighted by atomic mass is 9.88. The number of hydrogen-bond donors (Lipinski definition) is 2. The van der Waals surface area contributed by atoms with E-state index in [2.05, 4.69) is 10.6 Å². The summed E-state index contributed by atoms with van der Waals surface area (Å²) < 4.78 is 0.